The zero-order valence-electron chi connectivity index (χ0n) is 15.4. The van der Waals surface area contributed by atoms with E-state index in [0.717, 1.165) is 17.7 Å². The molecule has 0 aliphatic rings. The molecule has 0 saturated carbocycles. The zero-order valence-corrected chi connectivity index (χ0v) is 16.2. The summed E-state index contributed by atoms with van der Waals surface area (Å²) in [5.41, 5.74) is 5.01. The molecule has 0 unspecified atom stereocenters. The highest BCUT2D eigenvalue weighted by Crippen LogP contribution is 2.29. The Balaban J connectivity index is 2.09. The van der Waals surface area contributed by atoms with Gasteiger partial charge in [0.05, 0.1) is 24.5 Å². The van der Waals surface area contributed by atoms with Gasteiger partial charge in [0, 0.05) is 12.1 Å². The van der Waals surface area contributed by atoms with Crippen molar-refractivity contribution in [2.45, 2.75) is 20.5 Å². The van der Waals surface area contributed by atoms with Crippen molar-refractivity contribution in [3.8, 4) is 17.6 Å². The van der Waals surface area contributed by atoms with E-state index in [2.05, 4.69) is 21.9 Å². The highest BCUT2D eigenvalue weighted by Gasteiger charge is 2.08. The van der Waals surface area contributed by atoms with Gasteiger partial charge < -0.3 is 14.8 Å². The number of nitrogens with one attached hydrogen (secondary N) is 2. The molecule has 7 heteroatoms. The molecule has 0 aliphatic carbocycles. The first-order valence-electron chi connectivity index (χ1n) is 8.62. The highest BCUT2D eigenvalue weighted by molar-refractivity contribution is 7.80. The predicted octanol–water partition coefficient (Wildman–Crippen LogP) is 3.35. The van der Waals surface area contributed by atoms with Crippen LogP contribution in [0.25, 0.3) is 0 Å². The van der Waals surface area contributed by atoms with Crippen molar-refractivity contribution in [1.29, 1.82) is 5.26 Å². The molecular formula is C20H22N4O2S. The Kier molecular flexibility index (Phi) is 8.07. The average Bonchev–Trinajstić information content (AvgIpc) is 2.68. The maximum Gasteiger partial charge on any atom is 0.186 e. The molecular weight excluding hydrogens is 360 g/mol. The highest BCUT2D eigenvalue weighted by atomic mass is 32.1. The third-order valence-electron chi connectivity index (χ3n) is 3.51. The van der Waals surface area contributed by atoms with Crippen LogP contribution in [0.5, 0.6) is 11.5 Å². The van der Waals surface area contributed by atoms with E-state index in [1.54, 1.807) is 12.3 Å². The summed E-state index contributed by atoms with van der Waals surface area (Å²) in [7, 11) is 0. The van der Waals surface area contributed by atoms with Crippen molar-refractivity contribution in [3.05, 3.63) is 59.2 Å². The molecule has 0 radical (unpaired) electrons. The molecule has 0 saturated heterocycles. The van der Waals surface area contributed by atoms with E-state index in [1.165, 1.54) is 0 Å². The van der Waals surface area contributed by atoms with Gasteiger partial charge in [-0.25, -0.2) is 0 Å². The lowest BCUT2D eigenvalue weighted by Gasteiger charge is -2.13. The number of nitriles is 1. The summed E-state index contributed by atoms with van der Waals surface area (Å²) in [6.07, 6.45) is 1.65. The van der Waals surface area contributed by atoms with Crippen LogP contribution in [-0.2, 0) is 6.61 Å². The Hall–Kier alpha value is -3.11. The van der Waals surface area contributed by atoms with E-state index in [0.29, 0.717) is 28.8 Å². The van der Waals surface area contributed by atoms with Crippen LogP contribution in [0.4, 0.5) is 0 Å². The quantitative estimate of drug-likeness (QED) is 0.414. The molecule has 27 heavy (non-hydrogen) atoms. The Morgan fingerprint density at radius 2 is 2.00 bits per heavy atom. The molecule has 2 N–H and O–H groups in total. The van der Waals surface area contributed by atoms with Crippen molar-refractivity contribution >= 4 is 23.5 Å². The number of thiocarbonyl (C=S) groups is 1. The molecule has 2 aromatic rings. The number of hydrogen-bond acceptors (Lipinski definition) is 5. The van der Waals surface area contributed by atoms with E-state index >= 15 is 0 Å². The van der Waals surface area contributed by atoms with Gasteiger partial charge in [-0.15, -0.1) is 0 Å². The number of hydrogen-bond donors (Lipinski definition) is 2. The van der Waals surface area contributed by atoms with Gasteiger partial charge in [0.25, 0.3) is 0 Å². The van der Waals surface area contributed by atoms with E-state index in [-0.39, 0.29) is 6.61 Å². The Morgan fingerprint density at radius 3 is 2.74 bits per heavy atom. The summed E-state index contributed by atoms with van der Waals surface area (Å²) in [5.74, 6) is 1.23. The molecule has 0 spiro atoms. The third-order valence-corrected chi connectivity index (χ3v) is 3.74. The van der Waals surface area contributed by atoms with Gasteiger partial charge >= 0.3 is 0 Å². The second kappa shape index (κ2) is 10.8. The average molecular weight is 382 g/mol. The lowest BCUT2D eigenvalue weighted by atomic mass is 10.1. The van der Waals surface area contributed by atoms with Crippen LogP contribution in [0.15, 0.2) is 47.6 Å². The molecule has 0 bridgehead atoms. The van der Waals surface area contributed by atoms with Gasteiger partial charge in [-0.05, 0) is 55.9 Å². The largest absolute Gasteiger partial charge is 0.490 e. The first-order chi connectivity index (χ1) is 13.2. The van der Waals surface area contributed by atoms with Crippen LogP contribution in [0.2, 0.25) is 0 Å². The molecule has 0 fully saturated rings. The molecule has 0 atom stereocenters. The van der Waals surface area contributed by atoms with Crippen molar-refractivity contribution in [1.82, 2.24) is 10.7 Å². The first kappa shape index (κ1) is 20.2. The molecule has 6 nitrogen and oxygen atoms in total. The monoisotopic (exact) mass is 382 g/mol. The topological polar surface area (TPSA) is 78.7 Å². The van der Waals surface area contributed by atoms with E-state index in [9.17, 15) is 5.26 Å². The first-order valence-corrected chi connectivity index (χ1v) is 9.03. The van der Waals surface area contributed by atoms with Crippen molar-refractivity contribution in [2.24, 2.45) is 5.10 Å². The summed E-state index contributed by atoms with van der Waals surface area (Å²) in [5, 5.41) is 16.7. The summed E-state index contributed by atoms with van der Waals surface area (Å²) < 4.78 is 11.6. The van der Waals surface area contributed by atoms with Crippen LogP contribution in [0, 0.1) is 11.3 Å². The van der Waals surface area contributed by atoms with Crippen molar-refractivity contribution in [2.75, 3.05) is 13.2 Å². The fourth-order valence-electron chi connectivity index (χ4n) is 2.27. The molecule has 2 aromatic carbocycles. The van der Waals surface area contributed by atoms with E-state index in [4.69, 9.17) is 21.7 Å². The van der Waals surface area contributed by atoms with Gasteiger partial charge in [-0.3, -0.25) is 5.43 Å². The molecule has 0 aromatic heterocycles. The maximum absolute atomic E-state index is 9.18. The molecule has 2 rings (SSSR count). The number of benzene rings is 2. The summed E-state index contributed by atoms with van der Waals surface area (Å²) >= 11 is 5.05. The Labute approximate surface area is 164 Å². The lowest BCUT2D eigenvalue weighted by Crippen LogP contribution is -2.31. The van der Waals surface area contributed by atoms with Gasteiger partial charge in [0.15, 0.2) is 16.6 Å². The van der Waals surface area contributed by atoms with Gasteiger partial charge in [-0.2, -0.15) is 10.4 Å². The second-order valence-electron chi connectivity index (χ2n) is 5.43. The van der Waals surface area contributed by atoms with E-state index < -0.39 is 0 Å². The van der Waals surface area contributed by atoms with Crippen LogP contribution in [-0.4, -0.2) is 24.5 Å². The number of hydrazone groups is 1. The van der Waals surface area contributed by atoms with Gasteiger partial charge in [0.1, 0.15) is 6.61 Å². The summed E-state index contributed by atoms with van der Waals surface area (Å²) in [4.78, 5) is 0. The van der Waals surface area contributed by atoms with Gasteiger partial charge in [-0.1, -0.05) is 18.2 Å². The molecule has 140 valence electrons. The van der Waals surface area contributed by atoms with Crippen molar-refractivity contribution < 1.29 is 9.47 Å². The minimum Gasteiger partial charge on any atom is -0.490 e. The Morgan fingerprint density at radius 1 is 1.19 bits per heavy atom. The lowest BCUT2D eigenvalue weighted by molar-refractivity contribution is 0.269. The minimum atomic E-state index is 0.287. The summed E-state index contributed by atoms with van der Waals surface area (Å²) in [6, 6.07) is 15.1. The Bertz CT molecular complexity index is 846. The second-order valence-corrected chi connectivity index (χ2v) is 5.83. The van der Waals surface area contributed by atoms with Crippen LogP contribution in [0.1, 0.15) is 30.5 Å². The number of rotatable bonds is 8. The van der Waals surface area contributed by atoms with Crippen LogP contribution in [0.3, 0.4) is 0 Å². The smallest absolute Gasteiger partial charge is 0.186 e. The fourth-order valence-corrected chi connectivity index (χ4v) is 2.47. The summed E-state index contributed by atoms with van der Waals surface area (Å²) in [6.45, 7) is 5.40. The maximum atomic E-state index is 9.18. The fraction of sp³-hybridized carbons (Fsp3) is 0.250. The number of ether oxygens (including phenoxy) is 2. The molecule has 0 aliphatic heterocycles. The van der Waals surface area contributed by atoms with Gasteiger partial charge in [0.2, 0.25) is 0 Å². The molecule has 0 amide bonds. The van der Waals surface area contributed by atoms with Crippen molar-refractivity contribution in [3.63, 3.8) is 0 Å². The normalized spacial score (nSPS) is 10.3. The minimum absolute atomic E-state index is 0.287. The predicted molar refractivity (Wildman–Crippen MR) is 110 cm³/mol. The standard InChI is InChI=1S/C20H22N4O2S/c1-3-22-20(27)24-23-13-15-9-10-18(19(11-15)25-4-2)26-14-17-8-6-5-7-16(17)12-21/h5-11,13H,3-4,14H2,1-2H3,(H2,22,24,27). The zero-order chi connectivity index (χ0) is 19.5. The number of nitrogens with zero attached hydrogens (tertiary/aromatic N) is 2. The molecule has 0 heterocycles. The van der Waals surface area contributed by atoms with Crippen LogP contribution < -0.4 is 20.2 Å². The SMILES string of the molecule is CCNC(=S)NN=Cc1ccc(OCc2ccccc2C#N)c(OCC)c1. The van der Waals surface area contributed by atoms with E-state index in [1.807, 2.05) is 50.2 Å². The van der Waals surface area contributed by atoms with Crippen LogP contribution >= 0.6 is 12.2 Å². The third kappa shape index (κ3) is 6.28.